The first-order valence-corrected chi connectivity index (χ1v) is 6.75. The molecule has 4 heteroatoms. The van der Waals surface area contributed by atoms with Gasteiger partial charge in [-0.2, -0.15) is 0 Å². The van der Waals surface area contributed by atoms with Gasteiger partial charge in [0.05, 0.1) is 0 Å². The topological polar surface area (TPSA) is 21.3 Å². The number of hydrogen-bond acceptors (Lipinski definition) is 2. The lowest BCUT2D eigenvalue weighted by molar-refractivity contribution is 0.302. The van der Waals surface area contributed by atoms with Gasteiger partial charge in [0.2, 0.25) is 0 Å². The molecule has 0 atom stereocenters. The minimum absolute atomic E-state index is 0.494. The Bertz CT molecular complexity index is 540. The maximum Gasteiger partial charge on any atom is 0.125 e. The number of ether oxygens (including phenoxy) is 1. The molecule has 0 saturated carbocycles. The molecule has 2 aromatic carbocycles. The van der Waals surface area contributed by atoms with E-state index in [4.69, 9.17) is 27.9 Å². The second kappa shape index (κ2) is 6.80. The average Bonchev–Trinajstić information content (AvgIpc) is 2.41. The van der Waals surface area contributed by atoms with Crippen molar-refractivity contribution in [2.45, 2.75) is 13.2 Å². The van der Waals surface area contributed by atoms with Crippen molar-refractivity contribution in [2.24, 2.45) is 0 Å². The fourth-order valence-corrected chi connectivity index (χ4v) is 2.12. The van der Waals surface area contributed by atoms with Gasteiger partial charge in [0, 0.05) is 22.2 Å². The highest BCUT2D eigenvalue weighted by atomic mass is 35.5. The Balaban J connectivity index is 2.10. The molecular formula is C15H15Cl2NO. The number of benzene rings is 2. The summed E-state index contributed by atoms with van der Waals surface area (Å²) in [6.07, 6.45) is 0. The zero-order valence-corrected chi connectivity index (χ0v) is 12.1. The van der Waals surface area contributed by atoms with Gasteiger partial charge in [-0.05, 0) is 36.9 Å². The van der Waals surface area contributed by atoms with Crippen molar-refractivity contribution in [2.75, 3.05) is 7.05 Å². The van der Waals surface area contributed by atoms with Crippen molar-refractivity contribution in [3.05, 3.63) is 63.6 Å². The Morgan fingerprint density at radius 1 is 1.05 bits per heavy atom. The summed E-state index contributed by atoms with van der Waals surface area (Å²) in [5, 5.41) is 4.52. The third-order valence-electron chi connectivity index (χ3n) is 2.74. The van der Waals surface area contributed by atoms with Crippen LogP contribution in [0.3, 0.4) is 0 Å². The average molecular weight is 296 g/mol. The Morgan fingerprint density at radius 3 is 2.47 bits per heavy atom. The molecule has 19 heavy (non-hydrogen) atoms. The van der Waals surface area contributed by atoms with Crippen LogP contribution < -0.4 is 10.1 Å². The Hall–Kier alpha value is -1.22. The summed E-state index contributed by atoms with van der Waals surface area (Å²) in [5.41, 5.74) is 2.04. The summed E-state index contributed by atoms with van der Waals surface area (Å²) in [6, 6.07) is 13.3. The van der Waals surface area contributed by atoms with Gasteiger partial charge in [-0.15, -0.1) is 0 Å². The molecule has 0 radical (unpaired) electrons. The van der Waals surface area contributed by atoms with Gasteiger partial charge in [-0.3, -0.25) is 0 Å². The van der Waals surface area contributed by atoms with Crippen molar-refractivity contribution < 1.29 is 4.74 Å². The minimum atomic E-state index is 0.494. The van der Waals surface area contributed by atoms with Gasteiger partial charge >= 0.3 is 0 Å². The van der Waals surface area contributed by atoms with Gasteiger partial charge in [-0.1, -0.05) is 41.4 Å². The van der Waals surface area contributed by atoms with Crippen LogP contribution in [-0.4, -0.2) is 7.05 Å². The highest BCUT2D eigenvalue weighted by molar-refractivity contribution is 6.31. The van der Waals surface area contributed by atoms with Crippen molar-refractivity contribution in [1.82, 2.24) is 5.32 Å². The minimum Gasteiger partial charge on any atom is -0.489 e. The second-order valence-electron chi connectivity index (χ2n) is 4.16. The molecule has 0 aromatic heterocycles. The van der Waals surface area contributed by atoms with E-state index in [0.717, 1.165) is 21.9 Å². The fourth-order valence-electron chi connectivity index (χ4n) is 1.76. The van der Waals surface area contributed by atoms with Gasteiger partial charge in [-0.25, -0.2) is 0 Å². The molecule has 0 aliphatic rings. The highest BCUT2D eigenvalue weighted by Crippen LogP contribution is 2.27. The molecule has 0 unspecified atom stereocenters. The molecule has 0 bridgehead atoms. The maximum atomic E-state index is 6.17. The smallest absolute Gasteiger partial charge is 0.125 e. The lowest BCUT2D eigenvalue weighted by atomic mass is 10.2. The van der Waals surface area contributed by atoms with Crippen molar-refractivity contribution in [3.8, 4) is 5.75 Å². The quantitative estimate of drug-likeness (QED) is 0.888. The monoisotopic (exact) mass is 295 g/mol. The van der Waals surface area contributed by atoms with Crippen LogP contribution in [0.2, 0.25) is 10.0 Å². The van der Waals surface area contributed by atoms with E-state index < -0.39 is 0 Å². The van der Waals surface area contributed by atoms with Crippen molar-refractivity contribution >= 4 is 23.2 Å². The molecule has 2 nitrogen and oxygen atoms in total. The maximum absolute atomic E-state index is 6.17. The molecule has 2 aromatic rings. The van der Waals surface area contributed by atoms with Crippen LogP contribution in [0, 0.1) is 0 Å². The normalized spacial score (nSPS) is 10.5. The zero-order chi connectivity index (χ0) is 13.7. The van der Waals surface area contributed by atoms with Crippen LogP contribution in [0.4, 0.5) is 0 Å². The van der Waals surface area contributed by atoms with Gasteiger partial charge in [0.25, 0.3) is 0 Å². The number of rotatable bonds is 5. The van der Waals surface area contributed by atoms with E-state index in [2.05, 4.69) is 5.32 Å². The number of hydrogen-bond donors (Lipinski definition) is 1. The first kappa shape index (κ1) is 14.2. The number of halogens is 2. The zero-order valence-electron chi connectivity index (χ0n) is 10.6. The van der Waals surface area contributed by atoms with E-state index in [-0.39, 0.29) is 0 Å². The summed E-state index contributed by atoms with van der Waals surface area (Å²) in [7, 11) is 1.88. The van der Waals surface area contributed by atoms with Crippen LogP contribution >= 0.6 is 23.2 Å². The van der Waals surface area contributed by atoms with E-state index in [9.17, 15) is 0 Å². The van der Waals surface area contributed by atoms with Gasteiger partial charge in [0.15, 0.2) is 0 Å². The lowest BCUT2D eigenvalue weighted by Gasteiger charge is -2.12. The summed E-state index contributed by atoms with van der Waals surface area (Å²) in [6.45, 7) is 1.17. The molecule has 0 aliphatic carbocycles. The predicted molar refractivity (Wildman–Crippen MR) is 80.0 cm³/mol. The molecule has 2 rings (SSSR count). The second-order valence-corrected chi connectivity index (χ2v) is 5.01. The fraction of sp³-hybridized carbons (Fsp3) is 0.200. The van der Waals surface area contributed by atoms with E-state index in [0.29, 0.717) is 18.2 Å². The Morgan fingerprint density at radius 2 is 1.79 bits per heavy atom. The summed E-state index contributed by atoms with van der Waals surface area (Å²) < 4.78 is 5.83. The van der Waals surface area contributed by atoms with E-state index in [1.165, 1.54) is 0 Å². The Labute approximate surface area is 123 Å². The molecule has 0 spiro atoms. The van der Waals surface area contributed by atoms with Crippen molar-refractivity contribution in [3.63, 3.8) is 0 Å². The van der Waals surface area contributed by atoms with Gasteiger partial charge in [0.1, 0.15) is 12.4 Å². The first-order valence-electron chi connectivity index (χ1n) is 6.00. The standard InChI is InChI=1S/C15H15Cl2NO/c1-18-9-13-14(17)3-2-4-15(13)19-10-11-5-7-12(16)8-6-11/h2-8,18H,9-10H2,1H3. The van der Waals surface area contributed by atoms with Crippen LogP contribution in [0.5, 0.6) is 5.75 Å². The van der Waals surface area contributed by atoms with Crippen LogP contribution in [0.1, 0.15) is 11.1 Å². The third-order valence-corrected chi connectivity index (χ3v) is 3.34. The molecule has 0 aliphatic heterocycles. The van der Waals surface area contributed by atoms with E-state index in [1.54, 1.807) is 0 Å². The lowest BCUT2D eigenvalue weighted by Crippen LogP contribution is -2.08. The molecule has 100 valence electrons. The molecule has 0 heterocycles. The molecule has 1 N–H and O–H groups in total. The van der Waals surface area contributed by atoms with E-state index in [1.807, 2.05) is 49.5 Å². The SMILES string of the molecule is CNCc1c(Cl)cccc1OCc1ccc(Cl)cc1. The van der Waals surface area contributed by atoms with Crippen molar-refractivity contribution in [1.29, 1.82) is 0 Å². The molecule has 0 fully saturated rings. The Kier molecular flexibility index (Phi) is 5.08. The van der Waals surface area contributed by atoms with Crippen LogP contribution in [-0.2, 0) is 13.2 Å². The highest BCUT2D eigenvalue weighted by Gasteiger charge is 2.07. The number of nitrogens with one attached hydrogen (secondary N) is 1. The molecule has 0 amide bonds. The largest absolute Gasteiger partial charge is 0.489 e. The predicted octanol–water partition coefficient (Wildman–Crippen LogP) is 4.29. The van der Waals surface area contributed by atoms with Gasteiger partial charge < -0.3 is 10.1 Å². The molecule has 0 saturated heterocycles. The summed E-state index contributed by atoms with van der Waals surface area (Å²) in [4.78, 5) is 0. The summed E-state index contributed by atoms with van der Waals surface area (Å²) in [5.74, 6) is 0.803. The first-order chi connectivity index (χ1) is 9.20. The van der Waals surface area contributed by atoms with Crippen LogP contribution in [0.15, 0.2) is 42.5 Å². The molecular weight excluding hydrogens is 281 g/mol. The van der Waals surface area contributed by atoms with E-state index >= 15 is 0 Å². The third kappa shape index (κ3) is 3.87. The summed E-state index contributed by atoms with van der Waals surface area (Å²) >= 11 is 12.0. The van der Waals surface area contributed by atoms with Crippen LogP contribution in [0.25, 0.3) is 0 Å².